The Bertz CT molecular complexity index is 569. The molecule has 1 aromatic rings. The highest BCUT2D eigenvalue weighted by Gasteiger charge is 2.41. The molecule has 2 rings (SSSR count). The van der Waals surface area contributed by atoms with Gasteiger partial charge >= 0.3 is 0 Å². The van der Waals surface area contributed by atoms with Crippen LogP contribution in [0.5, 0.6) is 0 Å². The lowest BCUT2D eigenvalue weighted by Crippen LogP contribution is -2.58. The molecule has 0 unspecified atom stereocenters. The first kappa shape index (κ1) is 18.0. The summed E-state index contributed by atoms with van der Waals surface area (Å²) < 4.78 is 0. The van der Waals surface area contributed by atoms with E-state index in [-0.39, 0.29) is 11.1 Å². The summed E-state index contributed by atoms with van der Waals surface area (Å²) in [6, 6.07) is 8.89. The maximum absolute atomic E-state index is 2.54. The number of likely N-dealkylation sites (tertiary alicyclic amines) is 1. The van der Waals surface area contributed by atoms with Gasteiger partial charge in [0.05, 0.1) is 0 Å². The largest absolute Gasteiger partial charge is 0.296 e. The van der Waals surface area contributed by atoms with E-state index in [4.69, 9.17) is 0 Å². The van der Waals surface area contributed by atoms with Crippen LogP contribution in [0.4, 0.5) is 0 Å². The molecule has 0 N–H and O–H groups in total. The van der Waals surface area contributed by atoms with E-state index in [0.717, 1.165) is 0 Å². The number of benzene rings is 1. The van der Waals surface area contributed by atoms with Gasteiger partial charge in [0.1, 0.15) is 0 Å². The molecule has 1 nitrogen and oxygen atoms in total. The Balaban J connectivity index is 2.11. The smallest absolute Gasteiger partial charge is 0.0161 e. The van der Waals surface area contributed by atoms with Crippen molar-refractivity contribution in [1.29, 1.82) is 0 Å². The molecule has 0 atom stereocenters. The lowest BCUT2D eigenvalue weighted by atomic mass is 9.74. The highest BCUT2D eigenvalue weighted by Crippen LogP contribution is 2.40. The van der Waals surface area contributed by atoms with E-state index in [1.54, 1.807) is 0 Å². The third-order valence-electron chi connectivity index (χ3n) is 5.70. The first-order chi connectivity index (χ1) is 10.7. The molecule has 0 aliphatic carbocycles. The number of piperidine rings is 1. The first-order valence-electron chi connectivity index (χ1n) is 8.81. The summed E-state index contributed by atoms with van der Waals surface area (Å²) in [5, 5.41) is 0. The van der Waals surface area contributed by atoms with Crippen molar-refractivity contribution in [2.24, 2.45) is 5.92 Å². The van der Waals surface area contributed by atoms with Crippen molar-refractivity contribution in [3.63, 3.8) is 0 Å². The van der Waals surface area contributed by atoms with Gasteiger partial charge in [-0.15, -0.1) is 0 Å². The van der Waals surface area contributed by atoms with Crippen LogP contribution in [0.1, 0.15) is 65.5 Å². The lowest BCUT2D eigenvalue weighted by molar-refractivity contribution is -0.0193. The standard InChI is InChI=1S/C22H33N/c1-8-17(2)20-13-11-18(12-14-20)9-10-19-15-21(3,4)23(7)22(5,6)16-19/h8-14,19H,15-16H2,1-7H3/b10-9+,17-8-. The molecule has 126 valence electrons. The van der Waals surface area contributed by atoms with Crippen molar-refractivity contribution in [2.45, 2.75) is 65.5 Å². The zero-order chi connectivity index (χ0) is 17.3. The molecule has 0 spiro atoms. The summed E-state index contributed by atoms with van der Waals surface area (Å²) >= 11 is 0. The summed E-state index contributed by atoms with van der Waals surface area (Å²) in [6.07, 6.45) is 9.33. The van der Waals surface area contributed by atoms with Crippen LogP contribution in [0.2, 0.25) is 0 Å². The van der Waals surface area contributed by atoms with Crippen molar-refractivity contribution >= 4 is 11.6 Å². The average Bonchev–Trinajstić information content (AvgIpc) is 2.50. The predicted molar refractivity (Wildman–Crippen MR) is 103 cm³/mol. The quantitative estimate of drug-likeness (QED) is 0.659. The Morgan fingerprint density at radius 1 is 1.04 bits per heavy atom. The minimum absolute atomic E-state index is 0.254. The van der Waals surface area contributed by atoms with Gasteiger partial charge in [0.25, 0.3) is 0 Å². The van der Waals surface area contributed by atoms with Gasteiger partial charge in [0, 0.05) is 11.1 Å². The predicted octanol–water partition coefficient (Wildman–Crippen LogP) is 6.02. The average molecular weight is 312 g/mol. The molecule has 0 saturated carbocycles. The second kappa shape index (κ2) is 6.65. The van der Waals surface area contributed by atoms with Crippen LogP contribution in [0.25, 0.3) is 11.6 Å². The molecule has 1 aromatic carbocycles. The van der Waals surface area contributed by atoms with Crippen molar-refractivity contribution in [3.8, 4) is 0 Å². The molecule has 1 fully saturated rings. The van der Waals surface area contributed by atoms with Crippen LogP contribution in [-0.2, 0) is 0 Å². The summed E-state index contributed by atoms with van der Waals surface area (Å²) in [7, 11) is 2.27. The minimum Gasteiger partial charge on any atom is -0.296 e. The van der Waals surface area contributed by atoms with Crippen molar-refractivity contribution in [1.82, 2.24) is 4.90 Å². The van der Waals surface area contributed by atoms with Crippen LogP contribution >= 0.6 is 0 Å². The van der Waals surface area contributed by atoms with Gasteiger partial charge in [0.2, 0.25) is 0 Å². The van der Waals surface area contributed by atoms with Gasteiger partial charge in [-0.25, -0.2) is 0 Å². The molecule has 0 radical (unpaired) electrons. The van der Waals surface area contributed by atoms with Gasteiger partial charge in [0.15, 0.2) is 0 Å². The van der Waals surface area contributed by atoms with Crippen LogP contribution in [0.3, 0.4) is 0 Å². The SMILES string of the molecule is C/C=C(/C)c1ccc(/C=C/C2CC(C)(C)N(C)C(C)(C)C2)cc1. The molecule has 0 bridgehead atoms. The Hall–Kier alpha value is -1.34. The molecule has 1 aliphatic heterocycles. The molecule has 0 aromatic heterocycles. The molecular weight excluding hydrogens is 278 g/mol. The fourth-order valence-corrected chi connectivity index (χ4v) is 3.86. The summed E-state index contributed by atoms with van der Waals surface area (Å²) in [4.78, 5) is 2.54. The third kappa shape index (κ3) is 4.14. The third-order valence-corrected chi connectivity index (χ3v) is 5.70. The Kier molecular flexibility index (Phi) is 5.20. The Morgan fingerprint density at radius 2 is 1.57 bits per heavy atom. The second-order valence-corrected chi connectivity index (χ2v) is 8.31. The number of hydrogen-bond donors (Lipinski definition) is 0. The van der Waals surface area contributed by atoms with E-state index in [1.165, 1.54) is 29.5 Å². The fraction of sp³-hybridized carbons (Fsp3) is 0.545. The zero-order valence-electron chi connectivity index (χ0n) is 16.0. The number of rotatable bonds is 3. The van der Waals surface area contributed by atoms with Gasteiger partial charge in [-0.3, -0.25) is 4.90 Å². The summed E-state index contributed by atoms with van der Waals surface area (Å²) in [5.74, 6) is 0.646. The van der Waals surface area contributed by atoms with Crippen LogP contribution in [0.15, 0.2) is 36.4 Å². The van der Waals surface area contributed by atoms with Crippen LogP contribution in [0, 0.1) is 5.92 Å². The van der Waals surface area contributed by atoms with E-state index in [1.807, 2.05) is 0 Å². The van der Waals surface area contributed by atoms with Crippen molar-refractivity contribution in [3.05, 3.63) is 47.5 Å². The van der Waals surface area contributed by atoms with E-state index >= 15 is 0 Å². The first-order valence-corrected chi connectivity index (χ1v) is 8.81. The second-order valence-electron chi connectivity index (χ2n) is 8.31. The minimum atomic E-state index is 0.254. The summed E-state index contributed by atoms with van der Waals surface area (Å²) in [5.41, 5.74) is 4.45. The van der Waals surface area contributed by atoms with E-state index < -0.39 is 0 Å². The molecule has 1 heteroatoms. The number of allylic oxidation sites excluding steroid dienone is 3. The van der Waals surface area contributed by atoms with E-state index in [2.05, 4.69) is 96.0 Å². The van der Waals surface area contributed by atoms with Gasteiger partial charge < -0.3 is 0 Å². The monoisotopic (exact) mass is 311 g/mol. The van der Waals surface area contributed by atoms with Crippen molar-refractivity contribution < 1.29 is 0 Å². The molecule has 1 saturated heterocycles. The van der Waals surface area contributed by atoms with Gasteiger partial charge in [-0.05, 0) is 84.0 Å². The van der Waals surface area contributed by atoms with E-state index in [0.29, 0.717) is 5.92 Å². The Morgan fingerprint density at radius 3 is 2.04 bits per heavy atom. The molecule has 23 heavy (non-hydrogen) atoms. The molecule has 1 heterocycles. The van der Waals surface area contributed by atoms with Crippen LogP contribution < -0.4 is 0 Å². The van der Waals surface area contributed by atoms with Gasteiger partial charge in [-0.1, -0.05) is 42.5 Å². The van der Waals surface area contributed by atoms with Crippen molar-refractivity contribution in [2.75, 3.05) is 7.05 Å². The molecular formula is C22H33N. The van der Waals surface area contributed by atoms with Crippen LogP contribution in [-0.4, -0.2) is 23.0 Å². The van der Waals surface area contributed by atoms with E-state index in [9.17, 15) is 0 Å². The zero-order valence-corrected chi connectivity index (χ0v) is 16.0. The maximum Gasteiger partial charge on any atom is 0.0161 e. The molecule has 0 amide bonds. The number of hydrogen-bond acceptors (Lipinski definition) is 1. The normalized spacial score (nSPS) is 22.7. The highest BCUT2D eigenvalue weighted by molar-refractivity contribution is 5.65. The maximum atomic E-state index is 2.54. The Labute approximate surface area is 143 Å². The summed E-state index contributed by atoms with van der Waals surface area (Å²) in [6.45, 7) is 13.7. The highest BCUT2D eigenvalue weighted by atomic mass is 15.2. The number of nitrogens with zero attached hydrogens (tertiary/aromatic N) is 1. The topological polar surface area (TPSA) is 3.24 Å². The fourth-order valence-electron chi connectivity index (χ4n) is 3.86. The molecule has 1 aliphatic rings. The lowest BCUT2D eigenvalue weighted by Gasteiger charge is -2.53. The van der Waals surface area contributed by atoms with Gasteiger partial charge in [-0.2, -0.15) is 0 Å².